The van der Waals surface area contributed by atoms with E-state index in [2.05, 4.69) is 37.9 Å². The lowest BCUT2D eigenvalue weighted by atomic mass is 9.90. The van der Waals surface area contributed by atoms with Crippen molar-refractivity contribution in [1.29, 1.82) is 0 Å². The number of amides is 1. The SMILES string of the molecule is CCCC(=O)N1CC(CCC)CC(NCCC(C)C)C1. The third kappa shape index (κ3) is 6.25. The standard InChI is InChI=1S/C17H34N2O/c1-5-7-15-11-16(18-10-9-14(3)4)13-19(12-15)17(20)8-6-2/h14-16,18H,5-13H2,1-4H3. The van der Waals surface area contributed by atoms with E-state index in [4.69, 9.17) is 0 Å². The maximum atomic E-state index is 12.2. The van der Waals surface area contributed by atoms with Crippen molar-refractivity contribution in [2.45, 2.75) is 72.3 Å². The van der Waals surface area contributed by atoms with Gasteiger partial charge in [-0.1, -0.05) is 34.1 Å². The van der Waals surface area contributed by atoms with E-state index in [-0.39, 0.29) is 0 Å². The quantitative estimate of drug-likeness (QED) is 0.739. The maximum Gasteiger partial charge on any atom is 0.222 e. The Labute approximate surface area is 125 Å². The zero-order chi connectivity index (χ0) is 15.0. The zero-order valence-corrected chi connectivity index (χ0v) is 14.0. The molecule has 0 aliphatic carbocycles. The number of nitrogens with one attached hydrogen (secondary N) is 1. The van der Waals surface area contributed by atoms with Gasteiger partial charge in [0.15, 0.2) is 0 Å². The van der Waals surface area contributed by atoms with Crippen LogP contribution in [0.1, 0.15) is 66.2 Å². The first kappa shape index (κ1) is 17.5. The number of nitrogens with zero attached hydrogens (tertiary/aromatic N) is 1. The van der Waals surface area contributed by atoms with Crippen LogP contribution >= 0.6 is 0 Å². The number of piperidine rings is 1. The zero-order valence-electron chi connectivity index (χ0n) is 14.0. The molecule has 0 radical (unpaired) electrons. The molecule has 2 unspecified atom stereocenters. The van der Waals surface area contributed by atoms with Crippen molar-refractivity contribution >= 4 is 5.91 Å². The summed E-state index contributed by atoms with van der Waals surface area (Å²) >= 11 is 0. The summed E-state index contributed by atoms with van der Waals surface area (Å²) in [6, 6.07) is 0.500. The predicted molar refractivity (Wildman–Crippen MR) is 85.7 cm³/mol. The Kier molecular flexibility index (Phi) is 8.20. The van der Waals surface area contributed by atoms with E-state index in [1.54, 1.807) is 0 Å². The minimum absolute atomic E-state index is 0.351. The molecule has 0 aromatic heterocycles. The van der Waals surface area contributed by atoms with Gasteiger partial charge in [-0.15, -0.1) is 0 Å². The number of carbonyl (C=O) groups is 1. The second-order valence-electron chi connectivity index (χ2n) is 6.77. The average molecular weight is 282 g/mol. The van der Waals surface area contributed by atoms with E-state index in [9.17, 15) is 4.79 Å². The Hall–Kier alpha value is -0.570. The van der Waals surface area contributed by atoms with E-state index in [1.165, 1.54) is 25.7 Å². The van der Waals surface area contributed by atoms with Crippen molar-refractivity contribution in [3.05, 3.63) is 0 Å². The highest BCUT2D eigenvalue weighted by molar-refractivity contribution is 5.76. The highest BCUT2D eigenvalue weighted by atomic mass is 16.2. The molecule has 1 heterocycles. The number of likely N-dealkylation sites (tertiary alicyclic amines) is 1. The smallest absolute Gasteiger partial charge is 0.222 e. The summed E-state index contributed by atoms with van der Waals surface area (Å²) in [6.45, 7) is 11.8. The van der Waals surface area contributed by atoms with Gasteiger partial charge in [-0.2, -0.15) is 0 Å². The van der Waals surface area contributed by atoms with Crippen molar-refractivity contribution in [3.63, 3.8) is 0 Å². The minimum Gasteiger partial charge on any atom is -0.341 e. The molecule has 20 heavy (non-hydrogen) atoms. The summed E-state index contributed by atoms with van der Waals surface area (Å²) < 4.78 is 0. The molecule has 3 heteroatoms. The molecule has 2 atom stereocenters. The number of hydrogen-bond acceptors (Lipinski definition) is 2. The van der Waals surface area contributed by atoms with E-state index in [1.807, 2.05) is 0 Å². The Balaban J connectivity index is 2.49. The predicted octanol–water partition coefficient (Wildman–Crippen LogP) is 3.44. The molecule has 3 nitrogen and oxygen atoms in total. The van der Waals surface area contributed by atoms with Gasteiger partial charge in [0, 0.05) is 25.6 Å². The van der Waals surface area contributed by atoms with Crippen molar-refractivity contribution in [3.8, 4) is 0 Å². The summed E-state index contributed by atoms with van der Waals surface area (Å²) in [5.41, 5.74) is 0. The summed E-state index contributed by atoms with van der Waals surface area (Å²) in [6.07, 6.45) is 6.59. The number of carbonyl (C=O) groups excluding carboxylic acids is 1. The fourth-order valence-corrected chi connectivity index (χ4v) is 3.12. The van der Waals surface area contributed by atoms with E-state index < -0.39 is 0 Å². The highest BCUT2D eigenvalue weighted by Crippen LogP contribution is 2.22. The fourth-order valence-electron chi connectivity index (χ4n) is 3.12. The van der Waals surface area contributed by atoms with Gasteiger partial charge in [0.1, 0.15) is 0 Å². The van der Waals surface area contributed by atoms with Crippen LogP contribution in [0.25, 0.3) is 0 Å². The lowest BCUT2D eigenvalue weighted by Crippen LogP contribution is -2.51. The molecule has 0 saturated carbocycles. The van der Waals surface area contributed by atoms with Gasteiger partial charge in [0.2, 0.25) is 5.91 Å². The van der Waals surface area contributed by atoms with E-state index >= 15 is 0 Å². The molecule has 1 fully saturated rings. The first-order valence-electron chi connectivity index (χ1n) is 8.57. The molecule has 0 aromatic rings. The Morgan fingerprint density at radius 1 is 1.25 bits per heavy atom. The van der Waals surface area contributed by atoms with Crippen LogP contribution < -0.4 is 5.32 Å². The fraction of sp³-hybridized carbons (Fsp3) is 0.941. The second kappa shape index (κ2) is 9.38. The van der Waals surface area contributed by atoms with Crippen molar-refractivity contribution in [2.75, 3.05) is 19.6 Å². The summed E-state index contributed by atoms with van der Waals surface area (Å²) in [4.78, 5) is 14.3. The summed E-state index contributed by atoms with van der Waals surface area (Å²) in [7, 11) is 0. The first-order chi connectivity index (χ1) is 9.56. The number of hydrogen-bond donors (Lipinski definition) is 1. The molecule has 1 aliphatic rings. The number of rotatable bonds is 8. The van der Waals surface area contributed by atoms with Crippen LogP contribution in [-0.2, 0) is 4.79 Å². The second-order valence-corrected chi connectivity index (χ2v) is 6.77. The average Bonchev–Trinajstić information content (AvgIpc) is 2.38. The van der Waals surface area contributed by atoms with Gasteiger partial charge in [-0.3, -0.25) is 4.79 Å². The lowest BCUT2D eigenvalue weighted by Gasteiger charge is -2.38. The minimum atomic E-state index is 0.351. The molecule has 1 N–H and O–H groups in total. The van der Waals surface area contributed by atoms with Crippen molar-refractivity contribution < 1.29 is 4.79 Å². The third-order valence-electron chi connectivity index (χ3n) is 4.21. The third-order valence-corrected chi connectivity index (χ3v) is 4.21. The van der Waals surface area contributed by atoms with Gasteiger partial charge in [0.25, 0.3) is 0 Å². The lowest BCUT2D eigenvalue weighted by molar-refractivity contribution is -0.133. The first-order valence-corrected chi connectivity index (χ1v) is 8.57. The molecule has 0 bridgehead atoms. The Morgan fingerprint density at radius 3 is 2.60 bits per heavy atom. The van der Waals surface area contributed by atoms with Crippen LogP contribution in [0.5, 0.6) is 0 Å². The van der Waals surface area contributed by atoms with E-state index in [0.29, 0.717) is 24.3 Å². The van der Waals surface area contributed by atoms with Gasteiger partial charge in [-0.05, 0) is 44.1 Å². The van der Waals surface area contributed by atoms with E-state index in [0.717, 1.165) is 32.0 Å². The molecule has 1 saturated heterocycles. The summed E-state index contributed by atoms with van der Waals surface area (Å²) in [5, 5.41) is 3.67. The Morgan fingerprint density at radius 2 is 2.00 bits per heavy atom. The summed E-state index contributed by atoms with van der Waals surface area (Å²) in [5.74, 6) is 1.78. The molecular weight excluding hydrogens is 248 g/mol. The van der Waals surface area contributed by atoms with Crippen LogP contribution in [-0.4, -0.2) is 36.5 Å². The monoisotopic (exact) mass is 282 g/mol. The molecule has 1 rings (SSSR count). The van der Waals surface area contributed by atoms with Gasteiger partial charge >= 0.3 is 0 Å². The molecule has 1 aliphatic heterocycles. The van der Waals surface area contributed by atoms with Crippen LogP contribution in [0, 0.1) is 11.8 Å². The molecule has 0 aromatic carbocycles. The normalized spacial score (nSPS) is 23.4. The van der Waals surface area contributed by atoms with Crippen LogP contribution in [0.3, 0.4) is 0 Å². The van der Waals surface area contributed by atoms with Crippen molar-refractivity contribution in [2.24, 2.45) is 11.8 Å². The largest absolute Gasteiger partial charge is 0.341 e. The van der Waals surface area contributed by atoms with Crippen molar-refractivity contribution in [1.82, 2.24) is 10.2 Å². The topological polar surface area (TPSA) is 32.3 Å². The highest BCUT2D eigenvalue weighted by Gasteiger charge is 2.28. The van der Waals surface area contributed by atoms with Gasteiger partial charge < -0.3 is 10.2 Å². The van der Waals surface area contributed by atoms with Crippen LogP contribution in [0.2, 0.25) is 0 Å². The van der Waals surface area contributed by atoms with Crippen LogP contribution in [0.4, 0.5) is 0 Å². The van der Waals surface area contributed by atoms with Crippen LogP contribution in [0.15, 0.2) is 0 Å². The molecule has 1 amide bonds. The molecule has 118 valence electrons. The molecular formula is C17H34N2O. The van der Waals surface area contributed by atoms with Gasteiger partial charge in [0.05, 0.1) is 0 Å². The molecule has 0 spiro atoms. The van der Waals surface area contributed by atoms with Gasteiger partial charge in [-0.25, -0.2) is 0 Å². The maximum absolute atomic E-state index is 12.2. The Bertz CT molecular complexity index is 278.